The lowest BCUT2D eigenvalue weighted by Gasteiger charge is -2.21. The average molecular weight is 526 g/mol. The molecule has 0 spiro atoms. The van der Waals surface area contributed by atoms with E-state index in [2.05, 4.69) is 16.0 Å². The lowest BCUT2D eigenvalue weighted by Crippen LogP contribution is -2.54. The van der Waals surface area contributed by atoms with Crippen molar-refractivity contribution in [2.75, 3.05) is 6.54 Å². The first kappa shape index (κ1) is 30.7. The Hall–Kier alpha value is -4.36. The fourth-order valence-corrected chi connectivity index (χ4v) is 3.08. The molecule has 1 unspecified atom stereocenters. The van der Waals surface area contributed by atoms with E-state index in [1.807, 2.05) is 6.92 Å². The van der Waals surface area contributed by atoms with Crippen LogP contribution in [0.15, 0.2) is 24.3 Å². The number of carbonyl (C=O) groups excluding carboxylic acids is 2. The van der Waals surface area contributed by atoms with Gasteiger partial charge in [0, 0.05) is 19.4 Å². The summed E-state index contributed by atoms with van der Waals surface area (Å²) in [4.78, 5) is 69.3. The smallest absolute Gasteiger partial charge is 0.356 e. The number of urea groups is 1. The summed E-state index contributed by atoms with van der Waals surface area (Å²) in [6.07, 6.45) is -0.511. The van der Waals surface area contributed by atoms with Crippen molar-refractivity contribution in [1.29, 1.82) is 0 Å². The van der Waals surface area contributed by atoms with Crippen molar-refractivity contribution < 1.29 is 53.9 Å². The van der Waals surface area contributed by atoms with Crippen LogP contribution < -0.4 is 20.7 Å². The topological polar surface area (TPSA) is 229 Å². The summed E-state index contributed by atoms with van der Waals surface area (Å²) in [5, 5.41) is 43.1. The zero-order valence-corrected chi connectivity index (χ0v) is 20.1. The molecule has 204 valence electrons. The summed E-state index contributed by atoms with van der Waals surface area (Å²) in [6.45, 7) is 2.34. The minimum Gasteiger partial charge on any atom is -0.481 e. The van der Waals surface area contributed by atoms with Crippen LogP contribution in [0.1, 0.15) is 44.6 Å². The van der Waals surface area contributed by atoms with Crippen LogP contribution in [0.4, 0.5) is 4.79 Å². The van der Waals surface area contributed by atoms with Crippen molar-refractivity contribution in [1.82, 2.24) is 16.0 Å². The summed E-state index contributed by atoms with van der Waals surface area (Å²) in [6, 6.07) is 1.87. The second kappa shape index (κ2) is 15.6. The van der Waals surface area contributed by atoms with Crippen LogP contribution in [-0.2, 0) is 30.4 Å². The van der Waals surface area contributed by atoms with E-state index in [0.29, 0.717) is 18.5 Å². The van der Waals surface area contributed by atoms with Gasteiger partial charge in [0.15, 0.2) is 0 Å². The fraction of sp³-hybridized carbons (Fsp3) is 0.478. The molecule has 0 saturated heterocycles. The van der Waals surface area contributed by atoms with Gasteiger partial charge < -0.3 is 41.1 Å². The maximum Gasteiger partial charge on any atom is 0.356 e. The van der Waals surface area contributed by atoms with Gasteiger partial charge in [-0.3, -0.25) is 9.59 Å². The van der Waals surface area contributed by atoms with Gasteiger partial charge in [-0.25, -0.2) is 19.2 Å². The van der Waals surface area contributed by atoms with Gasteiger partial charge in [0.25, 0.3) is 6.10 Å². The number of unbranched alkanes of at least 4 members (excludes halogenated alkanes) is 2. The number of carboxylic acids is 4. The number of hydrogen-bond acceptors (Lipinski definition) is 7. The Morgan fingerprint density at radius 1 is 0.838 bits per heavy atom. The SMILES string of the molecule is CCCCCNC(=O)C(Cc1ccc(OC(C(=O)O)C(=O)O)cc1)NC(=O)N[C@@H](CCC(=O)O)C(=O)O. The summed E-state index contributed by atoms with van der Waals surface area (Å²) >= 11 is 0. The first-order chi connectivity index (χ1) is 17.4. The van der Waals surface area contributed by atoms with Crippen molar-refractivity contribution in [2.24, 2.45) is 0 Å². The Labute approximate surface area is 212 Å². The molecule has 1 aromatic rings. The minimum absolute atomic E-state index is 0.0486. The number of hydrogen-bond donors (Lipinski definition) is 7. The molecule has 14 nitrogen and oxygen atoms in total. The van der Waals surface area contributed by atoms with Crippen molar-refractivity contribution >= 4 is 35.8 Å². The molecule has 0 aliphatic rings. The average Bonchev–Trinajstić information content (AvgIpc) is 2.82. The maximum absolute atomic E-state index is 12.7. The second-order valence-electron chi connectivity index (χ2n) is 8.01. The highest BCUT2D eigenvalue weighted by Gasteiger charge is 2.28. The highest BCUT2D eigenvalue weighted by Crippen LogP contribution is 2.16. The molecule has 2 atom stereocenters. The number of ether oxygens (including phenoxy) is 1. The molecular formula is C23H31N3O11. The largest absolute Gasteiger partial charge is 0.481 e. The minimum atomic E-state index is -2.11. The number of carboxylic acid groups (broad SMARTS) is 4. The number of rotatable bonds is 17. The number of carbonyl (C=O) groups is 6. The van der Waals surface area contributed by atoms with E-state index in [0.717, 1.165) is 12.8 Å². The van der Waals surface area contributed by atoms with Crippen molar-refractivity contribution in [3.8, 4) is 5.75 Å². The number of benzene rings is 1. The van der Waals surface area contributed by atoms with Crippen LogP contribution >= 0.6 is 0 Å². The molecule has 1 rings (SSSR count). The van der Waals surface area contributed by atoms with Crippen molar-refractivity contribution in [3.63, 3.8) is 0 Å². The van der Waals surface area contributed by atoms with Gasteiger partial charge in [-0.1, -0.05) is 31.9 Å². The predicted molar refractivity (Wildman–Crippen MR) is 126 cm³/mol. The molecule has 37 heavy (non-hydrogen) atoms. The number of amides is 3. The van der Waals surface area contributed by atoms with Gasteiger partial charge in [0.1, 0.15) is 17.8 Å². The Morgan fingerprint density at radius 2 is 1.43 bits per heavy atom. The first-order valence-electron chi connectivity index (χ1n) is 11.4. The van der Waals surface area contributed by atoms with Gasteiger partial charge >= 0.3 is 29.9 Å². The molecule has 0 bridgehead atoms. The molecule has 0 heterocycles. The lowest BCUT2D eigenvalue weighted by molar-refractivity contribution is -0.159. The van der Waals surface area contributed by atoms with E-state index in [9.17, 15) is 33.9 Å². The number of aliphatic carboxylic acids is 4. The van der Waals surface area contributed by atoms with Crippen LogP contribution in [0, 0.1) is 0 Å². The summed E-state index contributed by atoms with van der Waals surface area (Å²) < 4.78 is 4.94. The summed E-state index contributed by atoms with van der Waals surface area (Å²) in [5.74, 6) is -6.63. The first-order valence-corrected chi connectivity index (χ1v) is 11.4. The van der Waals surface area contributed by atoms with E-state index in [1.165, 1.54) is 24.3 Å². The third-order valence-corrected chi connectivity index (χ3v) is 5.02. The summed E-state index contributed by atoms with van der Waals surface area (Å²) in [7, 11) is 0. The lowest BCUT2D eigenvalue weighted by atomic mass is 10.0. The monoisotopic (exact) mass is 525 g/mol. The van der Waals surface area contributed by atoms with Crippen LogP contribution in [0.25, 0.3) is 0 Å². The fourth-order valence-electron chi connectivity index (χ4n) is 3.08. The molecule has 0 aromatic heterocycles. The van der Waals surface area contributed by atoms with Crippen molar-refractivity contribution in [2.45, 2.75) is 63.6 Å². The third-order valence-electron chi connectivity index (χ3n) is 5.02. The molecule has 0 fully saturated rings. The normalized spacial score (nSPS) is 12.2. The maximum atomic E-state index is 12.7. The van der Waals surface area contributed by atoms with Crippen LogP contribution in [0.2, 0.25) is 0 Å². The Kier molecular flexibility index (Phi) is 12.9. The molecule has 1 aromatic carbocycles. The Morgan fingerprint density at radius 3 is 1.95 bits per heavy atom. The zero-order chi connectivity index (χ0) is 28.0. The van der Waals surface area contributed by atoms with Gasteiger partial charge in [-0.2, -0.15) is 0 Å². The number of nitrogens with one attached hydrogen (secondary N) is 3. The molecule has 14 heteroatoms. The zero-order valence-electron chi connectivity index (χ0n) is 20.1. The van der Waals surface area contributed by atoms with Crippen LogP contribution in [-0.4, -0.2) is 81.0 Å². The highest BCUT2D eigenvalue weighted by atomic mass is 16.5. The van der Waals surface area contributed by atoms with Crippen LogP contribution in [0.5, 0.6) is 5.75 Å². The van der Waals surface area contributed by atoms with E-state index in [-0.39, 0.29) is 18.6 Å². The van der Waals surface area contributed by atoms with E-state index in [4.69, 9.17) is 20.1 Å². The van der Waals surface area contributed by atoms with Gasteiger partial charge in [0.05, 0.1) is 0 Å². The standard InChI is InChI=1S/C23H31N3O11/c1-2-3-4-11-24-19(29)16(26-23(36)25-15(20(30)31)9-10-17(27)28)12-13-5-7-14(8-6-13)37-18(21(32)33)22(34)35/h5-8,15-16,18H,2-4,9-12H2,1H3,(H,24,29)(H,27,28)(H,30,31)(H,32,33)(H,34,35)(H2,25,26,36)/t15-,16?/m0/s1. The van der Waals surface area contributed by atoms with Gasteiger partial charge in [-0.05, 0) is 30.5 Å². The molecular weight excluding hydrogens is 494 g/mol. The van der Waals surface area contributed by atoms with E-state index < -0.39 is 60.4 Å². The van der Waals surface area contributed by atoms with E-state index >= 15 is 0 Å². The molecule has 7 N–H and O–H groups in total. The molecule has 0 saturated carbocycles. The third kappa shape index (κ3) is 11.7. The predicted octanol–water partition coefficient (Wildman–Crippen LogP) is 0.438. The van der Waals surface area contributed by atoms with Gasteiger partial charge in [-0.15, -0.1) is 0 Å². The molecule has 3 amide bonds. The highest BCUT2D eigenvalue weighted by molar-refractivity contribution is 5.96. The van der Waals surface area contributed by atoms with Gasteiger partial charge in [0.2, 0.25) is 5.91 Å². The Bertz CT molecular complexity index is 951. The Balaban J connectivity index is 2.95. The molecule has 0 radical (unpaired) electrons. The van der Waals surface area contributed by atoms with Crippen LogP contribution in [0.3, 0.4) is 0 Å². The van der Waals surface area contributed by atoms with Crippen molar-refractivity contribution in [3.05, 3.63) is 29.8 Å². The van der Waals surface area contributed by atoms with E-state index in [1.54, 1.807) is 0 Å². The molecule has 0 aliphatic carbocycles. The quantitative estimate of drug-likeness (QED) is 0.109. The second-order valence-corrected chi connectivity index (χ2v) is 8.01. The summed E-state index contributed by atoms with van der Waals surface area (Å²) in [5.41, 5.74) is 0.490. The molecule has 0 aliphatic heterocycles.